The monoisotopic (exact) mass is 277 g/mol. The van der Waals surface area contributed by atoms with Crippen LogP contribution in [0.4, 0.5) is 4.39 Å². The number of imidazole rings is 1. The molecule has 1 atom stereocenters. The topological polar surface area (TPSA) is 41.0 Å². The Bertz CT molecular complexity index is 673. The van der Waals surface area contributed by atoms with Crippen molar-refractivity contribution in [2.75, 3.05) is 13.1 Å². The summed E-state index contributed by atoms with van der Waals surface area (Å²) in [6.45, 7) is 7.12. The van der Waals surface area contributed by atoms with Gasteiger partial charge >= 0.3 is 5.69 Å². The summed E-state index contributed by atoms with van der Waals surface area (Å²) in [7, 11) is 0. The van der Waals surface area contributed by atoms with Gasteiger partial charge in [0.2, 0.25) is 0 Å². The van der Waals surface area contributed by atoms with Gasteiger partial charge in [-0.2, -0.15) is 0 Å². The molecule has 2 heterocycles. The first-order chi connectivity index (χ1) is 9.54. The molecule has 3 rings (SSSR count). The van der Waals surface area contributed by atoms with Gasteiger partial charge in [-0.25, -0.2) is 9.18 Å². The van der Waals surface area contributed by atoms with Crippen molar-refractivity contribution in [3.63, 3.8) is 0 Å². The van der Waals surface area contributed by atoms with Gasteiger partial charge in [-0.15, -0.1) is 0 Å². The Morgan fingerprint density at radius 2 is 2.25 bits per heavy atom. The Hall–Kier alpha value is -1.62. The third kappa shape index (κ3) is 2.38. The van der Waals surface area contributed by atoms with Crippen molar-refractivity contribution in [1.29, 1.82) is 0 Å². The third-order valence-corrected chi connectivity index (χ3v) is 4.23. The second kappa shape index (κ2) is 5.05. The molecule has 1 aromatic heterocycles. The Morgan fingerprint density at radius 3 is 2.95 bits per heavy atom. The van der Waals surface area contributed by atoms with E-state index in [0.29, 0.717) is 29.5 Å². The zero-order valence-corrected chi connectivity index (χ0v) is 11.9. The van der Waals surface area contributed by atoms with E-state index in [9.17, 15) is 9.18 Å². The molecule has 1 saturated heterocycles. The number of fused-ring (bicyclic) bond motifs is 1. The maximum Gasteiger partial charge on any atom is 0.326 e. The summed E-state index contributed by atoms with van der Waals surface area (Å²) in [6, 6.07) is 4.97. The number of likely N-dealkylation sites (tertiary alicyclic amines) is 1. The zero-order valence-electron chi connectivity index (χ0n) is 11.9. The molecule has 4 nitrogen and oxygen atoms in total. The van der Waals surface area contributed by atoms with Crippen LogP contribution in [-0.4, -0.2) is 33.6 Å². The highest BCUT2D eigenvalue weighted by Crippen LogP contribution is 2.21. The first-order valence-electron chi connectivity index (χ1n) is 7.16. The minimum absolute atomic E-state index is 0.145. The number of benzene rings is 1. The van der Waals surface area contributed by atoms with Gasteiger partial charge in [0.05, 0.1) is 11.0 Å². The number of aromatic nitrogens is 2. The summed E-state index contributed by atoms with van der Waals surface area (Å²) in [5.74, 6) is 0.151. The molecule has 0 aliphatic carbocycles. The molecule has 1 unspecified atom stereocenters. The van der Waals surface area contributed by atoms with E-state index in [1.54, 1.807) is 10.6 Å². The van der Waals surface area contributed by atoms with Crippen LogP contribution in [0.1, 0.15) is 20.3 Å². The fraction of sp³-hybridized carbons (Fsp3) is 0.533. The van der Waals surface area contributed by atoms with Crippen LogP contribution < -0.4 is 5.69 Å². The van der Waals surface area contributed by atoms with Crippen LogP contribution in [0.2, 0.25) is 0 Å². The van der Waals surface area contributed by atoms with E-state index in [-0.39, 0.29) is 11.5 Å². The van der Waals surface area contributed by atoms with Gasteiger partial charge in [0.15, 0.2) is 0 Å². The number of aromatic amines is 1. The minimum Gasteiger partial charge on any atom is -0.306 e. The molecule has 20 heavy (non-hydrogen) atoms. The minimum atomic E-state index is -0.305. The second-order valence-corrected chi connectivity index (χ2v) is 5.95. The highest BCUT2D eigenvalue weighted by atomic mass is 19.1. The lowest BCUT2D eigenvalue weighted by Gasteiger charge is -2.20. The molecule has 0 saturated carbocycles. The van der Waals surface area contributed by atoms with Crippen LogP contribution in [0.5, 0.6) is 0 Å². The molecule has 5 heteroatoms. The SMILES string of the molecule is CC(C)N1CCC(Cn2c(=O)[nH]c3ccc(F)cc32)C1. The van der Waals surface area contributed by atoms with Crippen LogP contribution in [0.25, 0.3) is 11.0 Å². The molecular formula is C15H20FN3O. The van der Waals surface area contributed by atoms with Crippen molar-refractivity contribution in [3.8, 4) is 0 Å². The van der Waals surface area contributed by atoms with Crippen molar-refractivity contribution in [3.05, 3.63) is 34.5 Å². The molecule has 0 amide bonds. The first kappa shape index (κ1) is 13.4. The van der Waals surface area contributed by atoms with Crippen molar-refractivity contribution in [2.45, 2.75) is 32.9 Å². The number of rotatable bonds is 3. The first-order valence-corrected chi connectivity index (χ1v) is 7.16. The van der Waals surface area contributed by atoms with Gasteiger partial charge in [0, 0.05) is 19.1 Å². The molecule has 1 N–H and O–H groups in total. The van der Waals surface area contributed by atoms with Gasteiger partial charge in [0.25, 0.3) is 0 Å². The number of nitrogens with zero attached hydrogens (tertiary/aromatic N) is 2. The number of halogens is 1. The number of nitrogens with one attached hydrogen (secondary N) is 1. The van der Waals surface area contributed by atoms with Gasteiger partial charge in [0.1, 0.15) is 5.82 Å². The fourth-order valence-corrected chi connectivity index (χ4v) is 3.05. The lowest BCUT2D eigenvalue weighted by molar-refractivity contribution is 0.261. The van der Waals surface area contributed by atoms with Crippen molar-refractivity contribution in [1.82, 2.24) is 14.5 Å². The summed E-state index contributed by atoms with van der Waals surface area (Å²) in [5, 5.41) is 0. The summed E-state index contributed by atoms with van der Waals surface area (Å²) in [4.78, 5) is 17.2. The largest absolute Gasteiger partial charge is 0.326 e. The van der Waals surface area contributed by atoms with Crippen molar-refractivity contribution in [2.24, 2.45) is 5.92 Å². The summed E-state index contributed by atoms with van der Waals surface area (Å²) < 4.78 is 15.0. The lowest BCUT2D eigenvalue weighted by Crippen LogP contribution is -2.29. The van der Waals surface area contributed by atoms with Crippen LogP contribution in [0.3, 0.4) is 0 Å². The van der Waals surface area contributed by atoms with Gasteiger partial charge < -0.3 is 9.88 Å². The molecule has 1 aromatic carbocycles. The maximum atomic E-state index is 13.4. The number of H-pyrrole nitrogens is 1. The van der Waals surface area contributed by atoms with Crippen LogP contribution >= 0.6 is 0 Å². The molecule has 0 spiro atoms. The fourth-order valence-electron chi connectivity index (χ4n) is 3.05. The standard InChI is InChI=1S/C15H20FN3O/c1-10(2)18-6-5-11(8-18)9-19-14-7-12(16)3-4-13(14)17-15(19)20/h3-4,7,10-11H,5-6,8-9H2,1-2H3,(H,17,20). The molecular weight excluding hydrogens is 257 g/mol. The highest BCUT2D eigenvalue weighted by Gasteiger charge is 2.25. The second-order valence-electron chi connectivity index (χ2n) is 5.95. The molecule has 1 fully saturated rings. The third-order valence-electron chi connectivity index (χ3n) is 4.23. The zero-order chi connectivity index (χ0) is 14.3. The lowest BCUT2D eigenvalue weighted by atomic mass is 10.1. The number of hydrogen-bond donors (Lipinski definition) is 1. The van der Waals surface area contributed by atoms with E-state index < -0.39 is 0 Å². The van der Waals surface area contributed by atoms with Gasteiger partial charge in [-0.3, -0.25) is 4.57 Å². The van der Waals surface area contributed by atoms with Gasteiger partial charge in [-0.1, -0.05) is 0 Å². The van der Waals surface area contributed by atoms with E-state index in [0.717, 1.165) is 19.5 Å². The Morgan fingerprint density at radius 1 is 1.45 bits per heavy atom. The summed E-state index contributed by atoms with van der Waals surface area (Å²) in [6.07, 6.45) is 1.09. The average molecular weight is 277 g/mol. The Balaban J connectivity index is 1.86. The van der Waals surface area contributed by atoms with Crippen LogP contribution in [0.15, 0.2) is 23.0 Å². The Kier molecular flexibility index (Phi) is 3.38. The van der Waals surface area contributed by atoms with E-state index >= 15 is 0 Å². The molecule has 2 aromatic rings. The van der Waals surface area contributed by atoms with Crippen molar-refractivity contribution >= 4 is 11.0 Å². The van der Waals surface area contributed by atoms with E-state index in [1.165, 1.54) is 12.1 Å². The van der Waals surface area contributed by atoms with E-state index in [1.807, 2.05) is 0 Å². The van der Waals surface area contributed by atoms with Gasteiger partial charge in [-0.05, 0) is 50.9 Å². The smallest absolute Gasteiger partial charge is 0.306 e. The molecule has 108 valence electrons. The normalized spacial score (nSPS) is 20.3. The molecule has 0 bridgehead atoms. The average Bonchev–Trinajstić information content (AvgIpc) is 2.97. The number of hydrogen-bond acceptors (Lipinski definition) is 2. The summed E-state index contributed by atoms with van der Waals surface area (Å²) in [5.41, 5.74) is 1.22. The summed E-state index contributed by atoms with van der Waals surface area (Å²) >= 11 is 0. The molecule has 1 aliphatic heterocycles. The van der Waals surface area contributed by atoms with E-state index in [2.05, 4.69) is 23.7 Å². The maximum absolute atomic E-state index is 13.4. The Labute approximate surface area is 117 Å². The van der Waals surface area contributed by atoms with Crippen LogP contribution in [-0.2, 0) is 6.54 Å². The molecule has 0 radical (unpaired) electrons. The predicted octanol–water partition coefficient (Wildman–Crippen LogP) is 2.20. The molecule has 1 aliphatic rings. The quantitative estimate of drug-likeness (QED) is 0.934. The highest BCUT2D eigenvalue weighted by molar-refractivity contribution is 5.75. The predicted molar refractivity (Wildman–Crippen MR) is 77.3 cm³/mol. The van der Waals surface area contributed by atoms with Crippen molar-refractivity contribution < 1.29 is 4.39 Å². The van der Waals surface area contributed by atoms with Crippen LogP contribution in [0, 0.1) is 11.7 Å². The van der Waals surface area contributed by atoms with E-state index in [4.69, 9.17) is 0 Å².